The van der Waals surface area contributed by atoms with Crippen LogP contribution < -0.4 is 15.4 Å². The Hall–Kier alpha value is -3.32. The molecular formula is C26H32ClN3O4. The number of hydrogen-bond acceptors (Lipinski definition) is 5. The molecule has 0 fully saturated rings. The SMILES string of the molecule is C/C=C\C=C\c1cccc(-c2ccc(C(=O)NC[C@H](C)NC(=O)OC(C)(C)C)c(OC)n2)c1Cl. The van der Waals surface area contributed by atoms with E-state index in [1.807, 2.05) is 49.4 Å². The zero-order chi connectivity index (χ0) is 25.3. The van der Waals surface area contributed by atoms with Crippen LogP contribution in [-0.2, 0) is 4.74 Å². The van der Waals surface area contributed by atoms with Gasteiger partial charge in [0.25, 0.3) is 5.91 Å². The molecule has 0 aliphatic heterocycles. The quantitative estimate of drug-likeness (QED) is 0.472. The number of methoxy groups -OCH3 is 1. The van der Waals surface area contributed by atoms with Gasteiger partial charge in [0.15, 0.2) is 0 Å². The van der Waals surface area contributed by atoms with Crippen LogP contribution in [0.4, 0.5) is 4.79 Å². The van der Waals surface area contributed by atoms with E-state index in [1.54, 1.807) is 39.8 Å². The number of nitrogens with one attached hydrogen (secondary N) is 2. The summed E-state index contributed by atoms with van der Waals surface area (Å²) in [4.78, 5) is 29.1. The van der Waals surface area contributed by atoms with Crippen LogP contribution in [0.5, 0.6) is 5.88 Å². The first kappa shape index (κ1) is 26.9. The molecule has 2 aromatic rings. The number of rotatable bonds is 8. The number of ether oxygens (including phenoxy) is 2. The highest BCUT2D eigenvalue weighted by molar-refractivity contribution is 6.34. The lowest BCUT2D eigenvalue weighted by molar-refractivity contribution is 0.0506. The number of alkyl carbamates (subject to hydrolysis) is 1. The third-order valence-corrected chi connectivity index (χ3v) is 4.94. The van der Waals surface area contributed by atoms with Crippen molar-refractivity contribution in [3.05, 3.63) is 64.7 Å². The van der Waals surface area contributed by atoms with Crippen molar-refractivity contribution >= 4 is 29.7 Å². The third-order valence-electron chi connectivity index (χ3n) is 4.51. The Labute approximate surface area is 206 Å². The summed E-state index contributed by atoms with van der Waals surface area (Å²) in [6.07, 6.45) is 7.13. The Balaban J connectivity index is 2.14. The average Bonchev–Trinajstić information content (AvgIpc) is 2.77. The Kier molecular flexibility index (Phi) is 9.69. The number of nitrogens with zero attached hydrogens (tertiary/aromatic N) is 1. The lowest BCUT2D eigenvalue weighted by Gasteiger charge is -2.22. The Morgan fingerprint density at radius 1 is 1.18 bits per heavy atom. The molecule has 0 aliphatic carbocycles. The van der Waals surface area contributed by atoms with Crippen LogP contribution in [0.15, 0.2) is 48.6 Å². The van der Waals surface area contributed by atoms with Crippen LogP contribution in [0.3, 0.4) is 0 Å². The monoisotopic (exact) mass is 485 g/mol. The summed E-state index contributed by atoms with van der Waals surface area (Å²) in [5.74, 6) is -0.198. The van der Waals surface area contributed by atoms with Gasteiger partial charge in [-0.25, -0.2) is 9.78 Å². The fraction of sp³-hybridized carbons (Fsp3) is 0.346. The van der Waals surface area contributed by atoms with Gasteiger partial charge in [-0.1, -0.05) is 54.1 Å². The molecule has 1 heterocycles. The molecule has 2 rings (SSSR count). The molecule has 0 spiro atoms. The minimum atomic E-state index is -0.598. The summed E-state index contributed by atoms with van der Waals surface area (Å²) in [5.41, 5.74) is 1.84. The molecule has 1 aromatic carbocycles. The Morgan fingerprint density at radius 2 is 1.91 bits per heavy atom. The van der Waals surface area contributed by atoms with Gasteiger partial charge >= 0.3 is 6.09 Å². The minimum Gasteiger partial charge on any atom is -0.480 e. The van der Waals surface area contributed by atoms with Gasteiger partial charge in [-0.05, 0) is 52.3 Å². The highest BCUT2D eigenvalue weighted by Crippen LogP contribution is 2.32. The summed E-state index contributed by atoms with van der Waals surface area (Å²) in [5, 5.41) is 6.02. The maximum atomic E-state index is 12.7. The molecule has 1 atom stereocenters. The number of allylic oxidation sites excluding steroid dienone is 3. The second-order valence-corrected chi connectivity index (χ2v) is 8.98. The largest absolute Gasteiger partial charge is 0.480 e. The summed E-state index contributed by atoms with van der Waals surface area (Å²) in [6.45, 7) is 9.26. The van der Waals surface area contributed by atoms with E-state index in [0.29, 0.717) is 10.7 Å². The lowest BCUT2D eigenvalue weighted by Crippen LogP contribution is -2.43. The molecule has 2 amide bonds. The van der Waals surface area contributed by atoms with E-state index < -0.39 is 11.7 Å². The van der Waals surface area contributed by atoms with Crippen molar-refractivity contribution in [2.75, 3.05) is 13.7 Å². The fourth-order valence-corrected chi connectivity index (χ4v) is 3.25. The van der Waals surface area contributed by atoms with Crippen LogP contribution in [0.1, 0.15) is 50.5 Å². The molecule has 182 valence electrons. The zero-order valence-corrected chi connectivity index (χ0v) is 21.2. The maximum Gasteiger partial charge on any atom is 0.407 e. The molecule has 34 heavy (non-hydrogen) atoms. The number of amides is 2. The number of benzene rings is 1. The molecule has 7 nitrogen and oxygen atoms in total. The van der Waals surface area contributed by atoms with Gasteiger partial charge in [-0.3, -0.25) is 4.79 Å². The zero-order valence-electron chi connectivity index (χ0n) is 20.4. The molecule has 1 aromatic heterocycles. The Bertz CT molecular complexity index is 1070. The van der Waals surface area contributed by atoms with E-state index >= 15 is 0 Å². The van der Waals surface area contributed by atoms with E-state index in [1.165, 1.54) is 7.11 Å². The van der Waals surface area contributed by atoms with Crippen molar-refractivity contribution in [3.8, 4) is 17.1 Å². The summed E-state index contributed by atoms with van der Waals surface area (Å²) >= 11 is 6.61. The van der Waals surface area contributed by atoms with E-state index in [2.05, 4.69) is 15.6 Å². The molecule has 0 unspecified atom stereocenters. The van der Waals surface area contributed by atoms with Crippen LogP contribution in [0.2, 0.25) is 5.02 Å². The first-order chi connectivity index (χ1) is 16.1. The predicted molar refractivity (Wildman–Crippen MR) is 136 cm³/mol. The first-order valence-corrected chi connectivity index (χ1v) is 11.3. The molecule has 0 bridgehead atoms. The molecule has 0 aliphatic rings. The van der Waals surface area contributed by atoms with E-state index in [9.17, 15) is 9.59 Å². The van der Waals surface area contributed by atoms with Crippen LogP contribution in [-0.4, -0.2) is 42.3 Å². The molecule has 2 N–H and O–H groups in total. The number of carbonyl (C=O) groups excluding carboxylic acids is 2. The standard InChI is InChI=1S/C26H32ClN3O4/c1-7-8-9-11-18-12-10-13-19(22(18)27)21-15-14-20(24(30-21)33-6)23(31)28-16-17(2)29-25(32)34-26(3,4)5/h7-15,17H,16H2,1-6H3,(H,28,31)(H,29,32)/b8-7-,11-9+/t17-/m0/s1. The number of halogens is 1. The predicted octanol–water partition coefficient (Wildman–Crippen LogP) is 5.64. The smallest absolute Gasteiger partial charge is 0.407 e. The topological polar surface area (TPSA) is 89.6 Å². The van der Waals surface area contributed by atoms with Crippen molar-refractivity contribution in [3.63, 3.8) is 0 Å². The van der Waals surface area contributed by atoms with Crippen molar-refractivity contribution in [1.82, 2.24) is 15.6 Å². The summed E-state index contributed by atoms with van der Waals surface area (Å²) in [6, 6.07) is 8.69. The molecule has 0 radical (unpaired) electrons. The van der Waals surface area contributed by atoms with Crippen molar-refractivity contribution in [2.45, 2.75) is 46.3 Å². The average molecular weight is 486 g/mol. The second-order valence-electron chi connectivity index (χ2n) is 8.60. The molecule has 0 saturated carbocycles. The van der Waals surface area contributed by atoms with Crippen molar-refractivity contribution < 1.29 is 19.1 Å². The number of pyridine rings is 1. The Morgan fingerprint density at radius 3 is 2.56 bits per heavy atom. The normalized spacial score (nSPS) is 12.6. The van der Waals surface area contributed by atoms with Crippen molar-refractivity contribution in [1.29, 1.82) is 0 Å². The highest BCUT2D eigenvalue weighted by Gasteiger charge is 2.20. The molecule has 0 saturated heterocycles. The van der Waals surface area contributed by atoms with Gasteiger partial charge in [0, 0.05) is 18.2 Å². The van der Waals surface area contributed by atoms with E-state index in [0.717, 1.165) is 11.1 Å². The second kappa shape index (κ2) is 12.2. The van der Waals surface area contributed by atoms with Crippen LogP contribution in [0.25, 0.3) is 17.3 Å². The highest BCUT2D eigenvalue weighted by atomic mass is 35.5. The minimum absolute atomic E-state index is 0.175. The van der Waals surface area contributed by atoms with E-state index in [-0.39, 0.29) is 29.9 Å². The van der Waals surface area contributed by atoms with Gasteiger partial charge in [0.1, 0.15) is 11.2 Å². The van der Waals surface area contributed by atoms with Gasteiger partial charge in [-0.2, -0.15) is 0 Å². The molecule has 8 heteroatoms. The van der Waals surface area contributed by atoms with Crippen LogP contribution in [0, 0.1) is 0 Å². The molecular weight excluding hydrogens is 454 g/mol. The number of carbonyl (C=O) groups is 2. The lowest BCUT2D eigenvalue weighted by atomic mass is 10.1. The van der Waals surface area contributed by atoms with Gasteiger partial charge in [-0.15, -0.1) is 0 Å². The number of aromatic nitrogens is 1. The summed E-state index contributed by atoms with van der Waals surface area (Å²) in [7, 11) is 1.45. The van der Waals surface area contributed by atoms with Crippen molar-refractivity contribution in [2.24, 2.45) is 0 Å². The van der Waals surface area contributed by atoms with Gasteiger partial charge < -0.3 is 20.1 Å². The van der Waals surface area contributed by atoms with E-state index in [4.69, 9.17) is 21.1 Å². The maximum absolute atomic E-state index is 12.7. The third kappa shape index (κ3) is 7.92. The fourth-order valence-electron chi connectivity index (χ4n) is 2.97. The number of hydrogen-bond donors (Lipinski definition) is 2. The van der Waals surface area contributed by atoms with Gasteiger partial charge in [0.05, 0.1) is 17.8 Å². The van der Waals surface area contributed by atoms with Crippen LogP contribution >= 0.6 is 11.6 Å². The first-order valence-electron chi connectivity index (χ1n) is 11.0. The van der Waals surface area contributed by atoms with Gasteiger partial charge in [0.2, 0.25) is 5.88 Å². The summed E-state index contributed by atoms with van der Waals surface area (Å²) < 4.78 is 10.6.